The van der Waals surface area contributed by atoms with E-state index in [0.717, 1.165) is 38.5 Å². The molecule has 0 saturated carbocycles. The predicted molar refractivity (Wildman–Crippen MR) is 83.5 cm³/mol. The van der Waals surface area contributed by atoms with E-state index in [1.807, 2.05) is 6.92 Å². The van der Waals surface area contributed by atoms with Gasteiger partial charge in [0.2, 0.25) is 0 Å². The molecule has 120 valence electrons. The molecule has 1 saturated heterocycles. The average molecular weight is 329 g/mol. The monoisotopic (exact) mass is 328 g/mol. The first-order valence-corrected chi connectivity index (χ1v) is 7.37. The summed E-state index contributed by atoms with van der Waals surface area (Å²) in [6.07, 6.45) is 2.33. The van der Waals surface area contributed by atoms with Gasteiger partial charge < -0.3 is 10.2 Å². The molecule has 0 radical (unpaired) electrons. The van der Waals surface area contributed by atoms with E-state index >= 15 is 0 Å². The standard InChI is InChI=1S/C13H17ClN4O4/c1-9(8-16-4-2-3-5-16)15-11-6-10(14)12(17(19)20)7-13(11)18(21)22/h6-7,9,15H,2-5,8H2,1H3. The Morgan fingerprint density at radius 2 is 1.82 bits per heavy atom. The predicted octanol–water partition coefficient (Wildman–Crippen LogP) is 3.05. The summed E-state index contributed by atoms with van der Waals surface area (Å²) in [6, 6.07) is 2.11. The summed E-state index contributed by atoms with van der Waals surface area (Å²) in [4.78, 5) is 22.9. The first-order valence-electron chi connectivity index (χ1n) is 6.99. The van der Waals surface area contributed by atoms with Gasteiger partial charge in [0.1, 0.15) is 10.7 Å². The highest BCUT2D eigenvalue weighted by atomic mass is 35.5. The largest absolute Gasteiger partial charge is 0.376 e. The SMILES string of the molecule is CC(CN1CCCC1)Nc1cc(Cl)c([N+](=O)[O-])cc1[N+](=O)[O-]. The van der Waals surface area contributed by atoms with E-state index in [1.165, 1.54) is 6.07 Å². The van der Waals surface area contributed by atoms with Crippen molar-refractivity contribution in [2.45, 2.75) is 25.8 Å². The highest BCUT2D eigenvalue weighted by molar-refractivity contribution is 6.33. The average Bonchev–Trinajstić information content (AvgIpc) is 2.90. The van der Waals surface area contributed by atoms with Crippen molar-refractivity contribution in [2.24, 2.45) is 0 Å². The molecule has 1 aromatic rings. The maximum absolute atomic E-state index is 11.1. The van der Waals surface area contributed by atoms with Gasteiger partial charge in [-0.25, -0.2) is 0 Å². The van der Waals surface area contributed by atoms with E-state index in [1.54, 1.807) is 0 Å². The first kappa shape index (κ1) is 16.4. The van der Waals surface area contributed by atoms with E-state index in [2.05, 4.69) is 10.2 Å². The van der Waals surface area contributed by atoms with Crippen LogP contribution < -0.4 is 5.32 Å². The highest BCUT2D eigenvalue weighted by Crippen LogP contribution is 2.35. The third-order valence-corrected chi connectivity index (χ3v) is 3.89. The van der Waals surface area contributed by atoms with Gasteiger partial charge in [0, 0.05) is 12.6 Å². The molecule has 8 nitrogen and oxygen atoms in total. The smallest absolute Gasteiger partial charge is 0.299 e. The molecular weight excluding hydrogens is 312 g/mol. The van der Waals surface area contributed by atoms with Gasteiger partial charge in [-0.05, 0) is 38.9 Å². The number of halogens is 1. The lowest BCUT2D eigenvalue weighted by atomic mass is 10.2. The summed E-state index contributed by atoms with van der Waals surface area (Å²) in [7, 11) is 0. The second-order valence-corrected chi connectivity index (χ2v) is 5.80. The summed E-state index contributed by atoms with van der Waals surface area (Å²) >= 11 is 5.84. The highest BCUT2D eigenvalue weighted by Gasteiger charge is 2.25. The number of nitrogens with zero attached hydrogens (tertiary/aromatic N) is 3. The molecule has 0 bridgehead atoms. The molecule has 1 aromatic carbocycles. The molecule has 1 aliphatic rings. The Balaban J connectivity index is 2.19. The van der Waals surface area contributed by atoms with Gasteiger partial charge >= 0.3 is 0 Å². The third-order valence-electron chi connectivity index (χ3n) is 3.59. The summed E-state index contributed by atoms with van der Waals surface area (Å²) < 4.78 is 0. The van der Waals surface area contributed by atoms with Crippen LogP contribution in [-0.4, -0.2) is 40.4 Å². The molecule has 1 N–H and O–H groups in total. The molecule has 0 aromatic heterocycles. The van der Waals surface area contributed by atoms with E-state index in [4.69, 9.17) is 11.6 Å². The van der Waals surface area contributed by atoms with Crippen molar-refractivity contribution in [2.75, 3.05) is 25.0 Å². The maximum atomic E-state index is 11.1. The molecule has 1 aliphatic heterocycles. The number of rotatable bonds is 6. The fraction of sp³-hybridized carbons (Fsp3) is 0.538. The normalized spacial score (nSPS) is 16.5. The van der Waals surface area contributed by atoms with Crippen molar-refractivity contribution in [1.29, 1.82) is 0 Å². The van der Waals surface area contributed by atoms with E-state index in [0.29, 0.717) is 0 Å². The van der Waals surface area contributed by atoms with Gasteiger partial charge in [-0.2, -0.15) is 0 Å². The van der Waals surface area contributed by atoms with Crippen LogP contribution in [0.1, 0.15) is 19.8 Å². The minimum atomic E-state index is -0.729. The molecule has 1 unspecified atom stereocenters. The molecular formula is C13H17ClN4O4. The van der Waals surface area contributed by atoms with Gasteiger partial charge in [0.25, 0.3) is 11.4 Å². The Labute approximate surface area is 132 Å². The Bertz CT molecular complexity index is 590. The van der Waals surface area contributed by atoms with Crippen LogP contribution in [0.25, 0.3) is 0 Å². The van der Waals surface area contributed by atoms with Crippen LogP contribution >= 0.6 is 11.6 Å². The Morgan fingerprint density at radius 3 is 2.36 bits per heavy atom. The Hall–Kier alpha value is -1.93. The number of nitrogens with one attached hydrogen (secondary N) is 1. The van der Waals surface area contributed by atoms with Crippen LogP contribution in [0.3, 0.4) is 0 Å². The molecule has 2 rings (SSSR count). The topological polar surface area (TPSA) is 102 Å². The zero-order chi connectivity index (χ0) is 16.3. The van der Waals surface area contributed by atoms with Gasteiger partial charge in [-0.1, -0.05) is 11.6 Å². The number of benzene rings is 1. The van der Waals surface area contributed by atoms with Crippen LogP contribution in [0.15, 0.2) is 12.1 Å². The van der Waals surface area contributed by atoms with Crippen molar-refractivity contribution < 1.29 is 9.85 Å². The number of nitro benzene ring substituents is 2. The number of nitro groups is 2. The number of anilines is 1. The zero-order valence-electron chi connectivity index (χ0n) is 12.1. The second-order valence-electron chi connectivity index (χ2n) is 5.39. The number of hydrogen-bond acceptors (Lipinski definition) is 6. The molecule has 0 spiro atoms. The minimum Gasteiger partial charge on any atom is -0.376 e. The van der Waals surface area contributed by atoms with Crippen LogP contribution in [0, 0.1) is 20.2 Å². The lowest BCUT2D eigenvalue weighted by Crippen LogP contribution is -2.33. The zero-order valence-corrected chi connectivity index (χ0v) is 12.9. The van der Waals surface area contributed by atoms with Crippen molar-refractivity contribution in [3.63, 3.8) is 0 Å². The van der Waals surface area contributed by atoms with Crippen molar-refractivity contribution >= 4 is 28.7 Å². The van der Waals surface area contributed by atoms with E-state index in [-0.39, 0.29) is 22.4 Å². The van der Waals surface area contributed by atoms with Crippen LogP contribution in [0.4, 0.5) is 17.1 Å². The Kier molecular flexibility index (Phi) is 5.15. The summed E-state index contributed by atoms with van der Waals surface area (Å²) in [5.41, 5.74) is -0.609. The van der Waals surface area contributed by atoms with Crippen LogP contribution in [0.5, 0.6) is 0 Å². The van der Waals surface area contributed by atoms with Crippen molar-refractivity contribution in [3.8, 4) is 0 Å². The fourth-order valence-corrected chi connectivity index (χ4v) is 2.85. The van der Waals surface area contributed by atoms with Gasteiger partial charge in [-0.3, -0.25) is 20.2 Å². The molecule has 22 heavy (non-hydrogen) atoms. The third kappa shape index (κ3) is 3.83. The molecule has 1 heterocycles. The number of hydrogen-bond donors (Lipinski definition) is 1. The lowest BCUT2D eigenvalue weighted by molar-refractivity contribution is -0.393. The second kappa shape index (κ2) is 6.89. The summed E-state index contributed by atoms with van der Waals surface area (Å²) in [6.45, 7) is 4.72. The van der Waals surface area contributed by atoms with Gasteiger partial charge in [0.05, 0.1) is 15.9 Å². The molecule has 1 fully saturated rings. The number of likely N-dealkylation sites (tertiary alicyclic amines) is 1. The molecule has 0 amide bonds. The van der Waals surface area contributed by atoms with Crippen molar-refractivity contribution in [3.05, 3.63) is 37.4 Å². The summed E-state index contributed by atoms with van der Waals surface area (Å²) in [5.74, 6) is 0. The fourth-order valence-electron chi connectivity index (χ4n) is 2.62. The van der Waals surface area contributed by atoms with Crippen LogP contribution in [-0.2, 0) is 0 Å². The van der Waals surface area contributed by atoms with Gasteiger partial charge in [-0.15, -0.1) is 0 Å². The lowest BCUT2D eigenvalue weighted by Gasteiger charge is -2.22. The van der Waals surface area contributed by atoms with Crippen LogP contribution in [0.2, 0.25) is 5.02 Å². The minimum absolute atomic E-state index is 0.0330. The molecule has 0 aliphatic carbocycles. The van der Waals surface area contributed by atoms with E-state index < -0.39 is 15.5 Å². The quantitative estimate of drug-likeness (QED) is 0.636. The van der Waals surface area contributed by atoms with Gasteiger partial charge in [0.15, 0.2) is 0 Å². The van der Waals surface area contributed by atoms with Crippen molar-refractivity contribution in [1.82, 2.24) is 4.90 Å². The maximum Gasteiger partial charge on any atom is 0.299 e. The Morgan fingerprint density at radius 1 is 1.23 bits per heavy atom. The first-order chi connectivity index (χ1) is 10.4. The molecule has 9 heteroatoms. The summed E-state index contributed by atoms with van der Waals surface area (Å²) in [5, 5.41) is 24.9. The van der Waals surface area contributed by atoms with E-state index in [9.17, 15) is 20.2 Å². The molecule has 1 atom stereocenters.